The van der Waals surface area contributed by atoms with Gasteiger partial charge in [-0.15, -0.1) is 0 Å². The molecule has 23 heavy (non-hydrogen) atoms. The van der Waals surface area contributed by atoms with Gasteiger partial charge >= 0.3 is 11.9 Å². The van der Waals surface area contributed by atoms with Crippen LogP contribution < -0.4 is 11.1 Å². The predicted octanol–water partition coefficient (Wildman–Crippen LogP) is 1.86. The van der Waals surface area contributed by atoms with E-state index in [1.54, 1.807) is 6.92 Å². The fourth-order valence-corrected chi connectivity index (χ4v) is 1.71. The minimum Gasteiger partial charge on any atom is -0.310 e. The number of aromatic amines is 1. The van der Waals surface area contributed by atoms with Crippen LogP contribution in [0.3, 0.4) is 0 Å². The van der Waals surface area contributed by atoms with Gasteiger partial charge in [-0.25, -0.2) is 10.2 Å². The summed E-state index contributed by atoms with van der Waals surface area (Å²) >= 11 is 0. The number of nitrogens with one attached hydrogen (secondary N) is 2. The van der Waals surface area contributed by atoms with Gasteiger partial charge in [0.1, 0.15) is 5.69 Å². The number of carbonyl (C=O) groups excluding carboxylic acids is 1. The van der Waals surface area contributed by atoms with E-state index in [4.69, 9.17) is 0 Å². The zero-order valence-electron chi connectivity index (χ0n) is 11.8. The number of alkyl halides is 3. The summed E-state index contributed by atoms with van der Waals surface area (Å²) in [6.45, 7) is 1.58. The first-order chi connectivity index (χ1) is 10.8. The second kappa shape index (κ2) is 6.42. The quantitative estimate of drug-likeness (QED) is 0.667. The van der Waals surface area contributed by atoms with Crippen molar-refractivity contribution in [3.8, 4) is 0 Å². The number of aryl methyl sites for hydroxylation is 1. The van der Waals surface area contributed by atoms with Gasteiger partial charge in [0.15, 0.2) is 0 Å². The smallest absolute Gasteiger partial charge is 0.310 e. The van der Waals surface area contributed by atoms with Crippen LogP contribution in [0, 0.1) is 6.92 Å². The van der Waals surface area contributed by atoms with E-state index in [9.17, 15) is 22.8 Å². The Bertz CT molecular complexity index is 812. The lowest BCUT2D eigenvalue weighted by Crippen LogP contribution is -2.24. The average Bonchev–Trinajstić information content (AvgIpc) is 2.45. The van der Waals surface area contributed by atoms with Crippen molar-refractivity contribution in [2.45, 2.75) is 13.1 Å². The van der Waals surface area contributed by atoms with Gasteiger partial charge in [-0.2, -0.15) is 23.3 Å². The van der Waals surface area contributed by atoms with Crippen molar-refractivity contribution in [2.24, 2.45) is 5.10 Å². The molecule has 6 nitrogen and oxygen atoms in total. The first-order valence-corrected chi connectivity index (χ1v) is 6.34. The van der Waals surface area contributed by atoms with Gasteiger partial charge in [-0.3, -0.25) is 4.79 Å². The molecule has 0 atom stereocenters. The number of amides is 1. The summed E-state index contributed by atoms with van der Waals surface area (Å²) in [5, 5.41) is 3.56. The Labute approximate surface area is 128 Å². The molecule has 0 saturated heterocycles. The molecular weight excluding hydrogens is 313 g/mol. The third kappa shape index (κ3) is 4.50. The molecule has 0 aliphatic carbocycles. The second-order valence-electron chi connectivity index (χ2n) is 4.58. The largest absolute Gasteiger partial charge is 0.416 e. The molecule has 2 N–H and O–H groups in total. The highest BCUT2D eigenvalue weighted by Gasteiger charge is 2.30. The normalized spacial score (nSPS) is 11.7. The van der Waals surface area contributed by atoms with Crippen LogP contribution in [0.2, 0.25) is 0 Å². The highest BCUT2D eigenvalue weighted by molar-refractivity contribution is 5.93. The Morgan fingerprint density at radius 1 is 1.35 bits per heavy atom. The first-order valence-electron chi connectivity index (χ1n) is 6.34. The molecule has 0 bridgehead atoms. The molecule has 0 aliphatic heterocycles. The molecule has 0 saturated carbocycles. The molecule has 120 valence electrons. The number of rotatable bonds is 3. The van der Waals surface area contributed by atoms with E-state index in [1.165, 1.54) is 18.2 Å². The van der Waals surface area contributed by atoms with Gasteiger partial charge in [0.25, 0.3) is 5.91 Å². The van der Waals surface area contributed by atoms with Crippen LogP contribution in [0.5, 0.6) is 0 Å². The summed E-state index contributed by atoms with van der Waals surface area (Å²) in [6.07, 6.45) is -3.40. The molecule has 1 aromatic carbocycles. The predicted molar refractivity (Wildman–Crippen MR) is 76.1 cm³/mol. The molecule has 0 radical (unpaired) electrons. The molecule has 0 aliphatic rings. The number of H-pyrrole nitrogens is 1. The van der Waals surface area contributed by atoms with E-state index in [-0.39, 0.29) is 11.3 Å². The number of hydrogen-bond donors (Lipinski definition) is 2. The number of hydrazone groups is 1. The van der Waals surface area contributed by atoms with Crippen LogP contribution in [0.25, 0.3) is 0 Å². The Morgan fingerprint density at radius 3 is 2.74 bits per heavy atom. The maximum Gasteiger partial charge on any atom is 0.416 e. The zero-order valence-corrected chi connectivity index (χ0v) is 11.8. The van der Waals surface area contributed by atoms with Crippen LogP contribution in [-0.2, 0) is 6.18 Å². The topological polar surface area (TPSA) is 87.2 Å². The number of carbonyl (C=O) groups is 1. The molecule has 0 spiro atoms. The summed E-state index contributed by atoms with van der Waals surface area (Å²) < 4.78 is 37.7. The van der Waals surface area contributed by atoms with E-state index in [0.717, 1.165) is 18.3 Å². The van der Waals surface area contributed by atoms with E-state index < -0.39 is 23.3 Å². The van der Waals surface area contributed by atoms with Crippen molar-refractivity contribution >= 4 is 12.1 Å². The second-order valence-corrected chi connectivity index (χ2v) is 4.58. The lowest BCUT2D eigenvalue weighted by Gasteiger charge is -2.06. The molecule has 2 aromatic rings. The number of aromatic nitrogens is 2. The van der Waals surface area contributed by atoms with Gasteiger partial charge in [0.2, 0.25) is 0 Å². The Morgan fingerprint density at radius 2 is 2.09 bits per heavy atom. The molecule has 0 fully saturated rings. The fourth-order valence-electron chi connectivity index (χ4n) is 1.71. The molecule has 1 amide bonds. The third-order valence-electron chi connectivity index (χ3n) is 2.71. The van der Waals surface area contributed by atoms with E-state index in [0.29, 0.717) is 5.69 Å². The van der Waals surface area contributed by atoms with E-state index in [2.05, 4.69) is 20.5 Å². The standard InChI is InChI=1S/C14H11F3N4O2/c1-8-5-11(20-13(23)19-8)12(22)21-18-7-9-3-2-4-10(6-9)14(15,16)17/h2-7H,1H3,(H,21,22)(H,19,20,23)/b18-7+. The summed E-state index contributed by atoms with van der Waals surface area (Å²) in [5.41, 5.74) is 1.05. The van der Waals surface area contributed by atoms with Crippen molar-refractivity contribution in [1.82, 2.24) is 15.4 Å². The summed E-state index contributed by atoms with van der Waals surface area (Å²) in [5.74, 6) is -0.748. The number of nitrogens with zero attached hydrogens (tertiary/aromatic N) is 2. The van der Waals surface area contributed by atoms with Crippen molar-refractivity contribution < 1.29 is 18.0 Å². The highest BCUT2D eigenvalue weighted by Crippen LogP contribution is 2.29. The lowest BCUT2D eigenvalue weighted by atomic mass is 10.1. The van der Waals surface area contributed by atoms with Crippen molar-refractivity contribution in [3.05, 3.63) is 63.3 Å². The van der Waals surface area contributed by atoms with Gasteiger partial charge < -0.3 is 4.98 Å². The minimum absolute atomic E-state index is 0.146. The highest BCUT2D eigenvalue weighted by atomic mass is 19.4. The zero-order chi connectivity index (χ0) is 17.0. The summed E-state index contributed by atoms with van der Waals surface area (Å²) in [7, 11) is 0. The van der Waals surface area contributed by atoms with Gasteiger partial charge in [-0.05, 0) is 30.7 Å². The van der Waals surface area contributed by atoms with Gasteiger partial charge in [-0.1, -0.05) is 12.1 Å². The van der Waals surface area contributed by atoms with Gasteiger partial charge in [0, 0.05) is 5.69 Å². The molecular formula is C14H11F3N4O2. The monoisotopic (exact) mass is 324 g/mol. The third-order valence-corrected chi connectivity index (χ3v) is 2.71. The fraction of sp³-hybridized carbons (Fsp3) is 0.143. The SMILES string of the molecule is Cc1cc(C(=O)N/N=C/c2cccc(C(F)(F)F)c2)nc(=O)[nH]1. The Kier molecular flexibility index (Phi) is 4.58. The molecule has 2 rings (SSSR count). The molecule has 9 heteroatoms. The van der Waals surface area contributed by atoms with Crippen LogP contribution in [-0.4, -0.2) is 22.1 Å². The Balaban J connectivity index is 2.10. The maximum absolute atomic E-state index is 12.6. The first kappa shape index (κ1) is 16.4. The molecule has 0 unspecified atom stereocenters. The Hall–Kier alpha value is -2.97. The molecule has 1 heterocycles. The van der Waals surface area contributed by atoms with Crippen LogP contribution in [0.1, 0.15) is 27.3 Å². The maximum atomic E-state index is 12.6. The summed E-state index contributed by atoms with van der Waals surface area (Å²) in [6, 6.07) is 5.80. The number of benzene rings is 1. The van der Waals surface area contributed by atoms with E-state index >= 15 is 0 Å². The van der Waals surface area contributed by atoms with Crippen LogP contribution >= 0.6 is 0 Å². The van der Waals surface area contributed by atoms with Crippen LogP contribution in [0.4, 0.5) is 13.2 Å². The van der Waals surface area contributed by atoms with E-state index in [1.807, 2.05) is 0 Å². The van der Waals surface area contributed by atoms with Gasteiger partial charge in [0.05, 0.1) is 11.8 Å². The molecule has 1 aromatic heterocycles. The number of hydrogen-bond acceptors (Lipinski definition) is 4. The average molecular weight is 324 g/mol. The minimum atomic E-state index is -4.46. The van der Waals surface area contributed by atoms with Crippen molar-refractivity contribution in [3.63, 3.8) is 0 Å². The van der Waals surface area contributed by atoms with Crippen LogP contribution in [0.15, 0.2) is 40.2 Å². The summed E-state index contributed by atoms with van der Waals surface area (Å²) in [4.78, 5) is 28.7. The van der Waals surface area contributed by atoms with Crippen molar-refractivity contribution in [1.29, 1.82) is 0 Å². The number of halogens is 3. The lowest BCUT2D eigenvalue weighted by molar-refractivity contribution is -0.137. The van der Waals surface area contributed by atoms with Crippen molar-refractivity contribution in [2.75, 3.05) is 0 Å².